The summed E-state index contributed by atoms with van der Waals surface area (Å²) in [5.41, 5.74) is 2.64. The van der Waals surface area contributed by atoms with Gasteiger partial charge in [0.15, 0.2) is 5.11 Å². The Morgan fingerprint density at radius 2 is 1.82 bits per heavy atom. The first kappa shape index (κ1) is 17.0. The first-order valence-corrected chi connectivity index (χ1v) is 9.12. The predicted molar refractivity (Wildman–Crippen MR) is 101 cm³/mol. The van der Waals surface area contributed by atoms with E-state index in [-0.39, 0.29) is 6.04 Å². The summed E-state index contributed by atoms with van der Waals surface area (Å²) in [4.78, 5) is 1.27. The van der Waals surface area contributed by atoms with Crippen molar-refractivity contribution in [2.75, 3.05) is 6.54 Å². The second kappa shape index (κ2) is 8.30. The Bertz CT molecular complexity index is 576. The molecule has 0 saturated heterocycles. The largest absolute Gasteiger partial charge is 0.363 e. The third kappa shape index (κ3) is 4.31. The zero-order valence-corrected chi connectivity index (χ0v) is 15.1. The van der Waals surface area contributed by atoms with Gasteiger partial charge in [-0.1, -0.05) is 44.2 Å². The van der Waals surface area contributed by atoms with E-state index in [1.54, 1.807) is 11.3 Å². The summed E-state index contributed by atoms with van der Waals surface area (Å²) in [5, 5.41) is 9.41. The van der Waals surface area contributed by atoms with Gasteiger partial charge in [-0.05, 0) is 54.1 Å². The number of nitrogens with one attached hydrogen (secondary N) is 2. The molecule has 0 bridgehead atoms. The molecule has 0 radical (unpaired) electrons. The van der Waals surface area contributed by atoms with Gasteiger partial charge in [-0.15, -0.1) is 11.3 Å². The molecule has 0 spiro atoms. The van der Waals surface area contributed by atoms with Crippen molar-refractivity contribution in [3.63, 3.8) is 0 Å². The molecule has 0 aliphatic carbocycles. The highest BCUT2D eigenvalue weighted by atomic mass is 32.1. The molecule has 2 nitrogen and oxygen atoms in total. The molecule has 118 valence electrons. The summed E-state index contributed by atoms with van der Waals surface area (Å²) in [6.07, 6.45) is 1.16. The number of benzene rings is 1. The van der Waals surface area contributed by atoms with E-state index in [9.17, 15) is 0 Å². The fraction of sp³-hybridized carbons (Fsp3) is 0.389. The van der Waals surface area contributed by atoms with E-state index in [1.807, 2.05) is 0 Å². The molecule has 0 amide bonds. The zero-order chi connectivity index (χ0) is 15.9. The maximum absolute atomic E-state index is 5.37. The van der Waals surface area contributed by atoms with Gasteiger partial charge >= 0.3 is 0 Å². The molecule has 22 heavy (non-hydrogen) atoms. The molecule has 2 rings (SSSR count). The maximum atomic E-state index is 5.37. The van der Waals surface area contributed by atoms with Crippen LogP contribution in [0.15, 0.2) is 41.8 Å². The molecular formula is C18H24N2S2. The number of hydrogen-bond acceptors (Lipinski definition) is 2. The van der Waals surface area contributed by atoms with Crippen LogP contribution in [0.1, 0.15) is 55.2 Å². The van der Waals surface area contributed by atoms with Gasteiger partial charge in [0, 0.05) is 11.4 Å². The van der Waals surface area contributed by atoms with E-state index >= 15 is 0 Å². The Labute approximate surface area is 143 Å². The fourth-order valence-electron chi connectivity index (χ4n) is 2.37. The number of rotatable bonds is 6. The summed E-state index contributed by atoms with van der Waals surface area (Å²) in [5.74, 6) is 0.602. The normalized spacial score (nSPS) is 13.4. The Morgan fingerprint density at radius 1 is 1.14 bits per heavy atom. The number of thiocarbonyl (C=S) groups is 1. The lowest BCUT2D eigenvalue weighted by atomic mass is 9.95. The van der Waals surface area contributed by atoms with Crippen LogP contribution in [-0.2, 0) is 0 Å². The van der Waals surface area contributed by atoms with Crippen molar-refractivity contribution >= 4 is 28.7 Å². The molecular weight excluding hydrogens is 308 g/mol. The van der Waals surface area contributed by atoms with Crippen LogP contribution in [0.4, 0.5) is 0 Å². The van der Waals surface area contributed by atoms with Crippen molar-refractivity contribution in [3.8, 4) is 0 Å². The van der Waals surface area contributed by atoms with E-state index in [0.29, 0.717) is 11.0 Å². The van der Waals surface area contributed by atoms with E-state index in [2.05, 4.69) is 73.2 Å². The molecule has 2 N–H and O–H groups in total. The summed E-state index contributed by atoms with van der Waals surface area (Å²) < 4.78 is 0. The third-order valence-corrected chi connectivity index (χ3v) is 5.09. The second-order valence-corrected chi connectivity index (χ2v) is 6.82. The minimum Gasteiger partial charge on any atom is -0.363 e. The van der Waals surface area contributed by atoms with Crippen LogP contribution in [0.2, 0.25) is 0 Å². The van der Waals surface area contributed by atoms with Gasteiger partial charge in [0.2, 0.25) is 0 Å². The topological polar surface area (TPSA) is 24.1 Å². The van der Waals surface area contributed by atoms with Crippen molar-refractivity contribution in [1.29, 1.82) is 0 Å². The summed E-state index contributed by atoms with van der Waals surface area (Å²) in [6.45, 7) is 7.37. The van der Waals surface area contributed by atoms with Crippen molar-refractivity contribution in [2.24, 2.45) is 0 Å². The van der Waals surface area contributed by atoms with Crippen molar-refractivity contribution in [1.82, 2.24) is 10.6 Å². The lowest BCUT2D eigenvalue weighted by Crippen LogP contribution is -2.37. The molecule has 0 unspecified atom stereocenters. The Kier molecular flexibility index (Phi) is 6.40. The summed E-state index contributed by atoms with van der Waals surface area (Å²) in [6, 6.07) is 13.3. The minimum absolute atomic E-state index is 0.109. The van der Waals surface area contributed by atoms with Gasteiger partial charge in [0.1, 0.15) is 0 Å². The molecule has 2 atom stereocenters. The minimum atomic E-state index is 0.109. The smallest absolute Gasteiger partial charge is 0.167 e. The van der Waals surface area contributed by atoms with Gasteiger partial charge in [-0.25, -0.2) is 0 Å². The first-order chi connectivity index (χ1) is 10.7. The summed E-state index contributed by atoms with van der Waals surface area (Å²) >= 11 is 7.12. The van der Waals surface area contributed by atoms with Crippen LogP contribution in [-0.4, -0.2) is 11.7 Å². The molecule has 4 heteroatoms. The Balaban J connectivity index is 2.23. The molecule has 2 aromatic rings. The lowest BCUT2D eigenvalue weighted by molar-refractivity contribution is 0.727. The van der Waals surface area contributed by atoms with Crippen molar-refractivity contribution < 1.29 is 0 Å². The first-order valence-electron chi connectivity index (χ1n) is 7.83. The molecule has 1 heterocycles. The highest BCUT2D eigenvalue weighted by Gasteiger charge is 2.16. The third-order valence-electron chi connectivity index (χ3n) is 3.89. The van der Waals surface area contributed by atoms with Gasteiger partial charge in [-0.3, -0.25) is 0 Å². The summed E-state index contributed by atoms with van der Waals surface area (Å²) in [7, 11) is 0. The maximum Gasteiger partial charge on any atom is 0.167 e. The van der Waals surface area contributed by atoms with Gasteiger partial charge < -0.3 is 10.6 Å². The second-order valence-electron chi connectivity index (χ2n) is 5.43. The molecule has 0 saturated carbocycles. The van der Waals surface area contributed by atoms with Crippen LogP contribution in [0.5, 0.6) is 0 Å². The molecule has 0 fully saturated rings. The van der Waals surface area contributed by atoms with Crippen molar-refractivity contribution in [2.45, 2.75) is 39.2 Å². The van der Waals surface area contributed by atoms with Gasteiger partial charge in [0.05, 0.1) is 6.04 Å². The van der Waals surface area contributed by atoms with Crippen LogP contribution < -0.4 is 10.6 Å². The predicted octanol–water partition coefficient (Wildman–Crippen LogP) is 4.84. The molecule has 1 aromatic carbocycles. The number of thiophene rings is 1. The SMILES string of the molecule is CCNC(=S)N[C@H](c1ccc([C@@H](C)CC)cc1)c1cccs1. The standard InChI is InChI=1S/C18H24N2S2/c1-4-13(3)14-8-10-15(11-9-14)17(16-7-6-12-22-16)20-18(21)19-5-2/h6-13,17H,4-5H2,1-3H3,(H2,19,20,21)/t13-,17+/m0/s1. The van der Waals surface area contributed by atoms with Gasteiger partial charge in [0.25, 0.3) is 0 Å². The number of hydrogen-bond donors (Lipinski definition) is 2. The van der Waals surface area contributed by atoms with E-state index in [0.717, 1.165) is 13.0 Å². The van der Waals surface area contributed by atoms with E-state index < -0.39 is 0 Å². The quantitative estimate of drug-likeness (QED) is 0.741. The average Bonchev–Trinajstić information content (AvgIpc) is 3.06. The fourth-order valence-corrected chi connectivity index (χ4v) is 3.43. The Hall–Kier alpha value is -1.39. The van der Waals surface area contributed by atoms with Crippen LogP contribution in [0.25, 0.3) is 0 Å². The van der Waals surface area contributed by atoms with Crippen LogP contribution in [0.3, 0.4) is 0 Å². The Morgan fingerprint density at radius 3 is 2.36 bits per heavy atom. The average molecular weight is 333 g/mol. The van der Waals surface area contributed by atoms with Crippen LogP contribution in [0, 0.1) is 0 Å². The highest BCUT2D eigenvalue weighted by Crippen LogP contribution is 2.28. The zero-order valence-electron chi connectivity index (χ0n) is 13.4. The van der Waals surface area contributed by atoms with Gasteiger partial charge in [-0.2, -0.15) is 0 Å². The molecule has 0 aliphatic heterocycles. The monoisotopic (exact) mass is 332 g/mol. The molecule has 0 aliphatic rings. The van der Waals surface area contributed by atoms with E-state index in [1.165, 1.54) is 16.0 Å². The lowest BCUT2D eigenvalue weighted by Gasteiger charge is -2.21. The van der Waals surface area contributed by atoms with E-state index in [4.69, 9.17) is 12.2 Å². The van der Waals surface area contributed by atoms with Crippen molar-refractivity contribution in [3.05, 3.63) is 57.8 Å². The van der Waals surface area contributed by atoms with Crippen LogP contribution >= 0.6 is 23.6 Å². The highest BCUT2D eigenvalue weighted by molar-refractivity contribution is 7.80. The molecule has 1 aromatic heterocycles.